The summed E-state index contributed by atoms with van der Waals surface area (Å²) in [7, 11) is 0. The molecule has 3 atom stereocenters. The Bertz CT molecular complexity index is 882. The van der Waals surface area contributed by atoms with E-state index in [9.17, 15) is 4.79 Å². The van der Waals surface area contributed by atoms with Crippen LogP contribution in [-0.4, -0.2) is 12.8 Å². The highest BCUT2D eigenvalue weighted by Gasteiger charge is 2.55. The van der Waals surface area contributed by atoms with Gasteiger partial charge in [0, 0.05) is 4.90 Å². The summed E-state index contributed by atoms with van der Waals surface area (Å²) >= 11 is 1.65. The van der Waals surface area contributed by atoms with Crippen molar-refractivity contribution in [3.63, 3.8) is 0 Å². The van der Waals surface area contributed by atoms with Gasteiger partial charge in [0.2, 0.25) is 6.79 Å². The molecule has 3 nitrogen and oxygen atoms in total. The monoisotopic (exact) mass is 422 g/mol. The molecule has 4 aliphatic carbocycles. The van der Waals surface area contributed by atoms with Gasteiger partial charge in [-0.25, -0.2) is 0 Å². The number of esters is 1. The van der Waals surface area contributed by atoms with E-state index in [1.165, 1.54) is 32.1 Å². The Morgan fingerprint density at radius 1 is 1.00 bits per heavy atom. The molecule has 3 unspecified atom stereocenters. The minimum Gasteiger partial charge on any atom is -0.456 e. The second-order valence-electron chi connectivity index (χ2n) is 9.58. The van der Waals surface area contributed by atoms with Gasteiger partial charge in [0.25, 0.3) is 0 Å². The third-order valence-electron chi connectivity index (χ3n) is 7.75. The number of hydrogen-bond acceptors (Lipinski definition) is 4. The minimum atomic E-state index is -0.100. The molecular formula is C26H30O3S. The van der Waals surface area contributed by atoms with E-state index in [4.69, 9.17) is 9.47 Å². The van der Waals surface area contributed by atoms with Crippen molar-refractivity contribution in [2.75, 3.05) is 6.79 Å². The standard InChI is InChI=1S/C26H30O3S/c1-18-21-12-19-11-20(13-21)15-26(18,14-19)16-25(27)29-17-28-23-9-5-6-10-24(23)30-22-7-3-2-4-8-22/h2-10,18-21H,11-17H2,1H3. The molecule has 158 valence electrons. The largest absolute Gasteiger partial charge is 0.456 e. The summed E-state index contributed by atoms with van der Waals surface area (Å²) in [5, 5.41) is 0. The van der Waals surface area contributed by atoms with Gasteiger partial charge in [-0.05, 0) is 85.5 Å². The first-order chi connectivity index (χ1) is 14.6. The number of hydrogen-bond donors (Lipinski definition) is 0. The Kier molecular flexibility index (Phi) is 5.53. The third kappa shape index (κ3) is 3.99. The zero-order valence-corrected chi connectivity index (χ0v) is 18.4. The zero-order chi connectivity index (χ0) is 20.6. The molecule has 4 bridgehead atoms. The lowest BCUT2D eigenvalue weighted by molar-refractivity contribution is -0.164. The summed E-state index contributed by atoms with van der Waals surface area (Å²) in [6.45, 7) is 2.36. The maximum Gasteiger partial charge on any atom is 0.309 e. The first-order valence-corrected chi connectivity index (χ1v) is 12.0. The SMILES string of the molecule is CC1C2CC3CC(C2)CC1(CC(=O)OCOc1ccccc1Sc1ccccc1)C3. The molecule has 0 aliphatic heterocycles. The van der Waals surface area contributed by atoms with Crippen LogP contribution in [0.2, 0.25) is 0 Å². The second kappa shape index (κ2) is 8.30. The highest BCUT2D eigenvalue weighted by atomic mass is 32.2. The van der Waals surface area contributed by atoms with Crippen molar-refractivity contribution in [1.82, 2.24) is 0 Å². The molecule has 2 aromatic carbocycles. The molecule has 0 aromatic heterocycles. The van der Waals surface area contributed by atoms with Crippen LogP contribution in [0, 0.1) is 29.1 Å². The molecule has 2 aromatic rings. The number of benzene rings is 2. The van der Waals surface area contributed by atoms with Gasteiger partial charge in [-0.3, -0.25) is 4.79 Å². The summed E-state index contributed by atoms with van der Waals surface area (Å²) in [5.74, 6) is 3.79. The van der Waals surface area contributed by atoms with E-state index in [-0.39, 0.29) is 18.2 Å². The smallest absolute Gasteiger partial charge is 0.309 e. The molecule has 0 heterocycles. The topological polar surface area (TPSA) is 35.5 Å². The quantitative estimate of drug-likeness (QED) is 0.373. The number of carbonyl (C=O) groups is 1. The molecule has 0 N–H and O–H groups in total. The highest BCUT2D eigenvalue weighted by Crippen LogP contribution is 2.64. The van der Waals surface area contributed by atoms with Crippen LogP contribution in [0.1, 0.15) is 45.4 Å². The Labute approximate surface area is 183 Å². The van der Waals surface area contributed by atoms with Crippen molar-refractivity contribution in [2.24, 2.45) is 29.1 Å². The van der Waals surface area contributed by atoms with Crippen LogP contribution in [0.5, 0.6) is 5.75 Å². The van der Waals surface area contributed by atoms with E-state index in [1.807, 2.05) is 42.5 Å². The average Bonchev–Trinajstić information content (AvgIpc) is 2.73. The van der Waals surface area contributed by atoms with Crippen LogP contribution in [0.25, 0.3) is 0 Å². The summed E-state index contributed by atoms with van der Waals surface area (Å²) in [6, 6.07) is 18.1. The van der Waals surface area contributed by atoms with E-state index < -0.39 is 0 Å². The van der Waals surface area contributed by atoms with Crippen LogP contribution < -0.4 is 4.74 Å². The Morgan fingerprint density at radius 2 is 1.70 bits per heavy atom. The van der Waals surface area contributed by atoms with Gasteiger partial charge in [-0.2, -0.15) is 0 Å². The molecule has 6 rings (SSSR count). The van der Waals surface area contributed by atoms with Crippen molar-refractivity contribution in [1.29, 1.82) is 0 Å². The predicted octanol–water partition coefficient (Wildman–Crippen LogP) is 6.57. The fourth-order valence-corrected chi connectivity index (χ4v) is 7.46. The molecule has 4 aliphatic rings. The van der Waals surface area contributed by atoms with Crippen LogP contribution in [0.4, 0.5) is 0 Å². The van der Waals surface area contributed by atoms with Crippen molar-refractivity contribution < 1.29 is 14.3 Å². The van der Waals surface area contributed by atoms with Crippen molar-refractivity contribution in [3.05, 3.63) is 54.6 Å². The van der Waals surface area contributed by atoms with Gasteiger partial charge in [-0.1, -0.05) is 49.0 Å². The van der Waals surface area contributed by atoms with Crippen molar-refractivity contribution in [2.45, 2.75) is 55.2 Å². The van der Waals surface area contributed by atoms with Gasteiger partial charge in [0.1, 0.15) is 5.75 Å². The van der Waals surface area contributed by atoms with Crippen LogP contribution in [0.15, 0.2) is 64.4 Å². The zero-order valence-electron chi connectivity index (χ0n) is 17.6. The predicted molar refractivity (Wildman–Crippen MR) is 118 cm³/mol. The van der Waals surface area contributed by atoms with Gasteiger partial charge in [-0.15, -0.1) is 0 Å². The fraction of sp³-hybridized carbons (Fsp3) is 0.500. The normalized spacial score (nSPS) is 31.5. The van der Waals surface area contributed by atoms with E-state index in [0.29, 0.717) is 12.3 Å². The Hall–Kier alpha value is -1.94. The van der Waals surface area contributed by atoms with Crippen LogP contribution >= 0.6 is 11.8 Å². The maximum atomic E-state index is 12.7. The number of ether oxygens (including phenoxy) is 2. The maximum absolute atomic E-state index is 12.7. The van der Waals surface area contributed by atoms with Gasteiger partial charge >= 0.3 is 5.97 Å². The molecule has 30 heavy (non-hydrogen) atoms. The summed E-state index contributed by atoms with van der Waals surface area (Å²) in [4.78, 5) is 14.9. The van der Waals surface area contributed by atoms with Gasteiger partial charge in [0.15, 0.2) is 0 Å². The number of para-hydroxylation sites is 1. The first kappa shape index (κ1) is 20.0. The van der Waals surface area contributed by atoms with E-state index >= 15 is 0 Å². The van der Waals surface area contributed by atoms with E-state index in [2.05, 4.69) is 19.1 Å². The van der Waals surface area contributed by atoms with Crippen molar-refractivity contribution >= 4 is 17.7 Å². The molecular weight excluding hydrogens is 392 g/mol. The molecule has 0 spiro atoms. The molecule has 4 saturated carbocycles. The Balaban J connectivity index is 1.17. The van der Waals surface area contributed by atoms with Crippen LogP contribution in [-0.2, 0) is 9.53 Å². The molecule has 0 radical (unpaired) electrons. The second-order valence-corrected chi connectivity index (χ2v) is 10.7. The molecule has 4 heteroatoms. The number of rotatable bonds is 7. The van der Waals surface area contributed by atoms with Crippen LogP contribution in [0.3, 0.4) is 0 Å². The minimum absolute atomic E-state index is 0.0219. The Morgan fingerprint density at radius 3 is 2.47 bits per heavy atom. The lowest BCUT2D eigenvalue weighted by Gasteiger charge is -2.60. The van der Waals surface area contributed by atoms with Gasteiger partial charge in [0.05, 0.1) is 11.3 Å². The average molecular weight is 423 g/mol. The summed E-state index contributed by atoms with van der Waals surface area (Å²) in [6.07, 6.45) is 7.14. The van der Waals surface area contributed by atoms with Crippen molar-refractivity contribution in [3.8, 4) is 5.75 Å². The lowest BCUT2D eigenvalue weighted by atomic mass is 9.45. The molecule has 0 saturated heterocycles. The summed E-state index contributed by atoms with van der Waals surface area (Å²) < 4.78 is 11.4. The lowest BCUT2D eigenvalue weighted by Crippen LogP contribution is -2.52. The third-order valence-corrected chi connectivity index (χ3v) is 8.82. The summed E-state index contributed by atoms with van der Waals surface area (Å²) in [5.41, 5.74) is 0.174. The van der Waals surface area contributed by atoms with E-state index in [0.717, 1.165) is 33.3 Å². The fourth-order valence-electron chi connectivity index (χ4n) is 6.53. The molecule has 0 amide bonds. The van der Waals surface area contributed by atoms with E-state index in [1.54, 1.807) is 11.8 Å². The number of carbonyl (C=O) groups excluding carboxylic acids is 1. The van der Waals surface area contributed by atoms with Gasteiger partial charge < -0.3 is 9.47 Å². The first-order valence-electron chi connectivity index (χ1n) is 11.2. The molecule has 4 fully saturated rings. The highest BCUT2D eigenvalue weighted by molar-refractivity contribution is 7.99.